The Hall–Kier alpha value is -0.450. The van der Waals surface area contributed by atoms with Crippen molar-refractivity contribution in [2.24, 2.45) is 17.6 Å². The Labute approximate surface area is 121 Å². The Morgan fingerprint density at radius 3 is 2.53 bits per heavy atom. The lowest BCUT2D eigenvalue weighted by Gasteiger charge is -2.48. The van der Waals surface area contributed by atoms with Gasteiger partial charge >= 0.3 is 0 Å². The maximum Gasteiger partial charge on any atom is 0.0798 e. The van der Waals surface area contributed by atoms with Crippen LogP contribution in [0.5, 0.6) is 0 Å². The molecule has 0 bridgehead atoms. The largest absolute Gasteiger partial charge is 0.329 e. The molecule has 1 fully saturated rings. The number of hydrogen-bond acceptors (Lipinski definition) is 4. The lowest BCUT2D eigenvalue weighted by atomic mass is 9.71. The van der Waals surface area contributed by atoms with Gasteiger partial charge in [0.15, 0.2) is 0 Å². The zero-order valence-corrected chi connectivity index (χ0v) is 13.5. The number of aromatic nitrogens is 1. The number of thiazole rings is 1. The molecule has 1 aromatic heterocycles. The lowest BCUT2D eigenvalue weighted by Crippen LogP contribution is -2.55. The van der Waals surface area contributed by atoms with Crippen molar-refractivity contribution >= 4 is 11.3 Å². The van der Waals surface area contributed by atoms with Gasteiger partial charge in [0.1, 0.15) is 0 Å². The van der Waals surface area contributed by atoms with E-state index in [4.69, 9.17) is 5.73 Å². The van der Waals surface area contributed by atoms with Gasteiger partial charge in [-0.2, -0.15) is 0 Å². The number of likely N-dealkylation sites (N-methyl/N-ethyl adjacent to an activating group) is 1. The van der Waals surface area contributed by atoms with Crippen LogP contribution in [0.25, 0.3) is 0 Å². The number of hydrogen-bond donors (Lipinski definition) is 1. The van der Waals surface area contributed by atoms with Crippen LogP contribution in [0.1, 0.15) is 43.7 Å². The van der Waals surface area contributed by atoms with Crippen molar-refractivity contribution in [1.82, 2.24) is 9.88 Å². The SMILES string of the molecule is Cc1ncsc1CN(C)C1(CN)CC(C)CC(C)C1. The first-order valence-electron chi connectivity index (χ1n) is 7.27. The summed E-state index contributed by atoms with van der Waals surface area (Å²) in [5.74, 6) is 1.55. The highest BCUT2D eigenvalue weighted by Gasteiger charge is 2.40. The predicted molar refractivity (Wildman–Crippen MR) is 82.3 cm³/mol. The minimum Gasteiger partial charge on any atom is -0.329 e. The molecule has 108 valence electrons. The molecule has 1 aromatic rings. The molecule has 19 heavy (non-hydrogen) atoms. The molecular formula is C15H27N3S. The van der Waals surface area contributed by atoms with Gasteiger partial charge in [-0.1, -0.05) is 13.8 Å². The second kappa shape index (κ2) is 5.90. The third-order valence-corrected chi connectivity index (χ3v) is 5.60. The average Bonchev–Trinajstić information content (AvgIpc) is 2.73. The fraction of sp³-hybridized carbons (Fsp3) is 0.800. The normalized spacial score (nSPS) is 31.9. The highest BCUT2D eigenvalue weighted by Crippen LogP contribution is 2.39. The van der Waals surface area contributed by atoms with Gasteiger partial charge in [0.05, 0.1) is 11.2 Å². The van der Waals surface area contributed by atoms with E-state index < -0.39 is 0 Å². The summed E-state index contributed by atoms with van der Waals surface area (Å²) < 4.78 is 0. The molecule has 1 heterocycles. The first-order chi connectivity index (χ1) is 8.97. The molecule has 2 N–H and O–H groups in total. The zero-order valence-electron chi connectivity index (χ0n) is 12.6. The smallest absolute Gasteiger partial charge is 0.0798 e. The molecule has 2 unspecified atom stereocenters. The van der Waals surface area contributed by atoms with Crippen LogP contribution in [0.15, 0.2) is 5.51 Å². The van der Waals surface area contributed by atoms with Gasteiger partial charge < -0.3 is 5.73 Å². The van der Waals surface area contributed by atoms with Gasteiger partial charge in [0.2, 0.25) is 0 Å². The molecule has 0 saturated heterocycles. The monoisotopic (exact) mass is 281 g/mol. The van der Waals surface area contributed by atoms with Gasteiger partial charge in [-0.15, -0.1) is 11.3 Å². The topological polar surface area (TPSA) is 42.2 Å². The van der Waals surface area contributed by atoms with E-state index in [0.717, 1.165) is 24.9 Å². The van der Waals surface area contributed by atoms with Crippen LogP contribution < -0.4 is 5.73 Å². The van der Waals surface area contributed by atoms with E-state index in [1.165, 1.54) is 29.8 Å². The molecule has 2 atom stereocenters. The Balaban J connectivity index is 2.14. The molecular weight excluding hydrogens is 254 g/mol. The van der Waals surface area contributed by atoms with Crippen LogP contribution in [0.4, 0.5) is 0 Å². The number of rotatable bonds is 4. The Morgan fingerprint density at radius 1 is 1.42 bits per heavy atom. The van der Waals surface area contributed by atoms with Crippen LogP contribution in [0.3, 0.4) is 0 Å². The molecule has 4 heteroatoms. The summed E-state index contributed by atoms with van der Waals surface area (Å²) in [5.41, 5.74) is 9.46. The standard InChI is InChI=1S/C15H27N3S/c1-11-5-12(2)7-15(6-11,9-16)18(4)8-14-13(3)17-10-19-14/h10-12H,5-9,16H2,1-4H3. The highest BCUT2D eigenvalue weighted by atomic mass is 32.1. The molecule has 3 nitrogen and oxygen atoms in total. The summed E-state index contributed by atoms with van der Waals surface area (Å²) in [4.78, 5) is 8.22. The van der Waals surface area contributed by atoms with Gasteiger partial charge in [0, 0.05) is 23.5 Å². The van der Waals surface area contributed by atoms with Gasteiger partial charge in [-0.05, 0) is 45.1 Å². The third kappa shape index (κ3) is 3.18. The fourth-order valence-electron chi connectivity index (χ4n) is 3.73. The molecule has 1 aliphatic rings. The second-order valence-electron chi connectivity index (χ2n) is 6.50. The molecule has 0 aromatic carbocycles. The number of aryl methyl sites for hydroxylation is 1. The van der Waals surface area contributed by atoms with E-state index in [1.54, 1.807) is 11.3 Å². The molecule has 0 spiro atoms. The molecule has 0 aliphatic heterocycles. The van der Waals surface area contributed by atoms with Crippen LogP contribution in [0, 0.1) is 18.8 Å². The Morgan fingerprint density at radius 2 is 2.05 bits per heavy atom. The molecule has 0 radical (unpaired) electrons. The zero-order chi connectivity index (χ0) is 14.0. The van der Waals surface area contributed by atoms with Crippen LogP contribution in [-0.4, -0.2) is 29.0 Å². The Bertz CT molecular complexity index is 405. The summed E-state index contributed by atoms with van der Waals surface area (Å²) in [6, 6.07) is 0. The maximum atomic E-state index is 6.18. The summed E-state index contributed by atoms with van der Waals surface area (Å²) in [6.45, 7) is 8.57. The first-order valence-corrected chi connectivity index (χ1v) is 8.15. The van der Waals surface area contributed by atoms with Gasteiger partial charge in [-0.3, -0.25) is 4.90 Å². The molecule has 2 rings (SSSR count). The molecule has 1 saturated carbocycles. The van der Waals surface area contributed by atoms with E-state index >= 15 is 0 Å². The quantitative estimate of drug-likeness (QED) is 0.922. The third-order valence-electron chi connectivity index (χ3n) is 4.68. The average molecular weight is 281 g/mol. The minimum atomic E-state index is 0.174. The van der Waals surface area contributed by atoms with Crippen molar-refractivity contribution < 1.29 is 0 Å². The fourth-order valence-corrected chi connectivity index (χ4v) is 4.56. The predicted octanol–water partition coefficient (Wildman–Crippen LogP) is 3.04. The molecule has 1 aliphatic carbocycles. The number of nitrogens with two attached hydrogens (primary N) is 1. The van der Waals surface area contributed by atoms with E-state index in [2.05, 4.69) is 37.7 Å². The lowest BCUT2D eigenvalue weighted by molar-refractivity contribution is 0.0338. The summed E-state index contributed by atoms with van der Waals surface area (Å²) in [7, 11) is 2.23. The number of nitrogens with zero attached hydrogens (tertiary/aromatic N) is 2. The Kier molecular flexibility index (Phi) is 4.64. The highest BCUT2D eigenvalue weighted by molar-refractivity contribution is 7.09. The van der Waals surface area contributed by atoms with E-state index in [1.807, 2.05) is 5.51 Å². The van der Waals surface area contributed by atoms with Gasteiger partial charge in [0.25, 0.3) is 0 Å². The van der Waals surface area contributed by atoms with Crippen molar-refractivity contribution in [3.8, 4) is 0 Å². The van der Waals surface area contributed by atoms with Crippen LogP contribution in [0.2, 0.25) is 0 Å². The van der Waals surface area contributed by atoms with Crippen LogP contribution >= 0.6 is 11.3 Å². The summed E-state index contributed by atoms with van der Waals surface area (Å²) in [5, 5.41) is 0. The summed E-state index contributed by atoms with van der Waals surface area (Å²) in [6.07, 6.45) is 3.79. The van der Waals surface area contributed by atoms with E-state index in [9.17, 15) is 0 Å². The first kappa shape index (κ1) is 14.9. The van der Waals surface area contributed by atoms with E-state index in [-0.39, 0.29) is 5.54 Å². The summed E-state index contributed by atoms with van der Waals surface area (Å²) >= 11 is 1.76. The van der Waals surface area contributed by atoms with Crippen molar-refractivity contribution in [3.63, 3.8) is 0 Å². The van der Waals surface area contributed by atoms with Crippen molar-refractivity contribution in [3.05, 3.63) is 16.1 Å². The maximum absolute atomic E-state index is 6.18. The van der Waals surface area contributed by atoms with Gasteiger partial charge in [-0.25, -0.2) is 4.98 Å². The van der Waals surface area contributed by atoms with Crippen molar-refractivity contribution in [2.45, 2.75) is 52.1 Å². The van der Waals surface area contributed by atoms with Crippen molar-refractivity contribution in [2.75, 3.05) is 13.6 Å². The van der Waals surface area contributed by atoms with Crippen molar-refractivity contribution in [1.29, 1.82) is 0 Å². The second-order valence-corrected chi connectivity index (χ2v) is 7.44. The van der Waals surface area contributed by atoms with E-state index in [0.29, 0.717) is 0 Å². The minimum absolute atomic E-state index is 0.174. The molecule has 0 amide bonds. The van der Waals surface area contributed by atoms with Crippen LogP contribution in [-0.2, 0) is 6.54 Å².